The van der Waals surface area contributed by atoms with Gasteiger partial charge in [-0.25, -0.2) is 13.8 Å². The molecule has 0 unspecified atom stereocenters. The lowest BCUT2D eigenvalue weighted by molar-refractivity contribution is 0.0757. The number of hydrogen-bond acceptors (Lipinski definition) is 7. The second-order valence-corrected chi connectivity index (χ2v) is 9.22. The summed E-state index contributed by atoms with van der Waals surface area (Å²) in [4.78, 5) is 22.0. The molecule has 11 heteroatoms. The van der Waals surface area contributed by atoms with Crippen LogP contribution in [0.2, 0.25) is 0 Å². The number of fused-ring (bicyclic) bond motifs is 2. The van der Waals surface area contributed by atoms with Crippen molar-refractivity contribution in [3.05, 3.63) is 71.2 Å². The summed E-state index contributed by atoms with van der Waals surface area (Å²) in [7, 11) is 1.42. The first-order valence-electron chi connectivity index (χ1n) is 11.9. The van der Waals surface area contributed by atoms with Crippen LogP contribution in [0.5, 0.6) is 5.88 Å². The average molecular weight is 519 g/mol. The minimum atomic E-state index is -2.55. The third-order valence-corrected chi connectivity index (χ3v) is 6.44. The van der Waals surface area contributed by atoms with E-state index in [0.29, 0.717) is 34.6 Å². The fraction of sp³-hybridized carbons (Fsp3) is 0.296. The molecule has 0 radical (unpaired) electrons. The van der Waals surface area contributed by atoms with Gasteiger partial charge in [-0.05, 0) is 48.4 Å². The number of aromatic nitrogens is 4. The molecule has 1 aromatic carbocycles. The molecule has 38 heavy (non-hydrogen) atoms. The Hall–Kier alpha value is -4.43. The van der Waals surface area contributed by atoms with Crippen LogP contribution in [0, 0.1) is 11.3 Å². The highest BCUT2D eigenvalue weighted by atomic mass is 19.3. The van der Waals surface area contributed by atoms with E-state index in [-0.39, 0.29) is 24.9 Å². The van der Waals surface area contributed by atoms with Crippen molar-refractivity contribution in [3.63, 3.8) is 0 Å². The number of benzene rings is 1. The molecule has 0 saturated carbocycles. The summed E-state index contributed by atoms with van der Waals surface area (Å²) in [6, 6.07) is 12.9. The Morgan fingerprint density at radius 2 is 2.16 bits per heavy atom. The summed E-state index contributed by atoms with van der Waals surface area (Å²) < 4.78 is 37.5. The van der Waals surface area contributed by atoms with Gasteiger partial charge in [-0.15, -0.1) is 5.10 Å². The van der Waals surface area contributed by atoms with Crippen LogP contribution in [0.15, 0.2) is 48.8 Å². The molecule has 1 N–H and O–H groups in total. The van der Waals surface area contributed by atoms with E-state index in [9.17, 15) is 18.8 Å². The van der Waals surface area contributed by atoms with Crippen LogP contribution in [-0.2, 0) is 29.8 Å². The summed E-state index contributed by atoms with van der Waals surface area (Å²) >= 11 is 0. The van der Waals surface area contributed by atoms with E-state index < -0.39 is 18.4 Å². The Morgan fingerprint density at radius 3 is 2.92 bits per heavy atom. The fourth-order valence-corrected chi connectivity index (χ4v) is 4.44. The molecule has 5 rings (SSSR count). The summed E-state index contributed by atoms with van der Waals surface area (Å²) in [6.45, 7) is 2.09. The maximum Gasteiger partial charge on any atom is 0.257 e. The number of ether oxygens (including phenoxy) is 2. The fourth-order valence-electron chi connectivity index (χ4n) is 4.44. The first-order chi connectivity index (χ1) is 18.3. The third kappa shape index (κ3) is 4.90. The molecule has 0 bridgehead atoms. The smallest absolute Gasteiger partial charge is 0.257 e. The Morgan fingerprint density at radius 1 is 1.32 bits per heavy atom. The van der Waals surface area contributed by atoms with Crippen LogP contribution in [0.1, 0.15) is 34.1 Å². The van der Waals surface area contributed by atoms with Gasteiger partial charge in [-0.1, -0.05) is 6.07 Å². The van der Waals surface area contributed by atoms with Crippen molar-refractivity contribution < 1.29 is 23.0 Å². The SMILES string of the molecule is COc1nn(CC(F)F)cc1-c1ccc2cnc(CNC(=O)c3ccc4c(c3)[C@](C)(C#N)COC4)cc2n1. The van der Waals surface area contributed by atoms with Gasteiger partial charge >= 0.3 is 0 Å². The molecule has 1 aliphatic heterocycles. The number of carbonyl (C=O) groups excluding carboxylic acids is 1. The van der Waals surface area contributed by atoms with Crippen molar-refractivity contribution in [1.29, 1.82) is 5.26 Å². The zero-order valence-corrected chi connectivity index (χ0v) is 20.7. The average Bonchev–Trinajstić information content (AvgIpc) is 3.33. The Kier molecular flexibility index (Phi) is 6.73. The molecule has 1 amide bonds. The number of carbonyl (C=O) groups is 1. The molecule has 0 aliphatic carbocycles. The quantitative estimate of drug-likeness (QED) is 0.393. The number of rotatable bonds is 7. The van der Waals surface area contributed by atoms with E-state index in [0.717, 1.165) is 21.2 Å². The molecular weight excluding hydrogens is 494 g/mol. The van der Waals surface area contributed by atoms with Crippen LogP contribution < -0.4 is 10.1 Å². The molecule has 1 atom stereocenters. The zero-order valence-electron chi connectivity index (χ0n) is 20.7. The summed E-state index contributed by atoms with van der Waals surface area (Å²) in [5, 5.41) is 17.3. The third-order valence-electron chi connectivity index (χ3n) is 6.44. The van der Waals surface area contributed by atoms with Crippen LogP contribution in [0.4, 0.5) is 8.78 Å². The Bertz CT molecular complexity index is 1560. The molecular formula is C27H24F2N6O3. The van der Waals surface area contributed by atoms with Gasteiger partial charge in [-0.2, -0.15) is 5.26 Å². The van der Waals surface area contributed by atoms with Gasteiger partial charge < -0.3 is 14.8 Å². The van der Waals surface area contributed by atoms with Crippen molar-refractivity contribution in [2.45, 2.75) is 38.5 Å². The number of methoxy groups -OCH3 is 1. The Labute approximate surface area is 217 Å². The minimum Gasteiger partial charge on any atom is -0.479 e. The minimum absolute atomic E-state index is 0.159. The molecule has 4 aromatic rings. The highest BCUT2D eigenvalue weighted by molar-refractivity contribution is 5.94. The van der Waals surface area contributed by atoms with E-state index in [4.69, 9.17) is 9.47 Å². The van der Waals surface area contributed by atoms with Gasteiger partial charge in [0.15, 0.2) is 0 Å². The first kappa shape index (κ1) is 25.2. The van der Waals surface area contributed by atoms with E-state index in [1.54, 1.807) is 37.4 Å². The standard InChI is InChI=1S/C27H24F2N6O3/c1-27(14-30)15-38-13-18-4-3-16(7-21(18)27)25(36)32-10-19-8-23-17(9-31-19)5-6-22(33-23)20-11-35(12-24(28)29)34-26(20)37-2/h3-9,11,24H,10,12-13,15H2,1-2H3,(H,32,36)/t27-/m1/s1. The van der Waals surface area contributed by atoms with Crippen molar-refractivity contribution in [1.82, 2.24) is 25.1 Å². The summed E-state index contributed by atoms with van der Waals surface area (Å²) in [6.07, 6.45) is 0.582. The second-order valence-electron chi connectivity index (χ2n) is 9.22. The molecule has 194 valence electrons. The normalized spacial score (nSPS) is 16.7. The van der Waals surface area contributed by atoms with E-state index in [2.05, 4.69) is 26.5 Å². The maximum atomic E-state index is 12.9. The molecule has 0 fully saturated rings. The number of pyridine rings is 2. The summed E-state index contributed by atoms with van der Waals surface area (Å²) in [5.41, 5.74) is 3.53. The van der Waals surface area contributed by atoms with Crippen molar-refractivity contribution in [3.8, 4) is 23.2 Å². The van der Waals surface area contributed by atoms with E-state index in [1.165, 1.54) is 13.3 Å². The monoisotopic (exact) mass is 518 g/mol. The van der Waals surface area contributed by atoms with Gasteiger partial charge in [0.25, 0.3) is 12.3 Å². The number of alkyl halides is 2. The van der Waals surface area contributed by atoms with Crippen LogP contribution >= 0.6 is 0 Å². The number of halogens is 2. The van der Waals surface area contributed by atoms with Gasteiger partial charge in [0, 0.05) is 23.3 Å². The highest BCUT2D eigenvalue weighted by Gasteiger charge is 2.33. The predicted octanol–water partition coefficient (Wildman–Crippen LogP) is 4.01. The number of amides is 1. The lowest BCUT2D eigenvalue weighted by atomic mass is 9.79. The predicted molar refractivity (Wildman–Crippen MR) is 134 cm³/mol. The highest BCUT2D eigenvalue weighted by Crippen LogP contribution is 2.33. The van der Waals surface area contributed by atoms with Gasteiger partial charge in [0.1, 0.15) is 12.0 Å². The van der Waals surface area contributed by atoms with E-state index in [1.807, 2.05) is 12.1 Å². The molecule has 4 heterocycles. The number of hydrogen-bond donors (Lipinski definition) is 1. The first-order valence-corrected chi connectivity index (χ1v) is 11.9. The molecule has 3 aromatic heterocycles. The van der Waals surface area contributed by atoms with Crippen molar-refractivity contribution in [2.75, 3.05) is 13.7 Å². The van der Waals surface area contributed by atoms with Crippen molar-refractivity contribution >= 4 is 16.8 Å². The van der Waals surface area contributed by atoms with E-state index >= 15 is 0 Å². The maximum absolute atomic E-state index is 12.9. The largest absolute Gasteiger partial charge is 0.479 e. The summed E-state index contributed by atoms with van der Waals surface area (Å²) in [5.74, 6) is -0.0949. The molecule has 9 nitrogen and oxygen atoms in total. The van der Waals surface area contributed by atoms with Gasteiger partial charge in [0.2, 0.25) is 5.88 Å². The lowest BCUT2D eigenvalue weighted by Crippen LogP contribution is -2.33. The van der Waals surface area contributed by atoms with Gasteiger partial charge in [0.05, 0.1) is 55.4 Å². The number of nitrogens with one attached hydrogen (secondary N) is 1. The topological polar surface area (TPSA) is 115 Å². The molecule has 0 saturated heterocycles. The second kappa shape index (κ2) is 10.1. The molecule has 0 spiro atoms. The van der Waals surface area contributed by atoms with Crippen LogP contribution in [-0.4, -0.2) is 45.8 Å². The zero-order chi connectivity index (χ0) is 26.9. The van der Waals surface area contributed by atoms with Crippen molar-refractivity contribution in [2.24, 2.45) is 0 Å². The number of nitrogens with zero attached hydrogens (tertiary/aromatic N) is 5. The van der Waals surface area contributed by atoms with Gasteiger partial charge in [-0.3, -0.25) is 14.5 Å². The lowest BCUT2D eigenvalue weighted by Gasteiger charge is -2.30. The molecule has 1 aliphatic rings. The number of nitriles is 1. The van der Waals surface area contributed by atoms with Crippen LogP contribution in [0.3, 0.4) is 0 Å². The van der Waals surface area contributed by atoms with Crippen LogP contribution in [0.25, 0.3) is 22.2 Å². The Balaban J connectivity index is 1.35.